The molecule has 5 nitrogen and oxygen atoms in total. The van der Waals surface area contributed by atoms with Crippen molar-refractivity contribution in [3.05, 3.63) is 417 Å². The highest BCUT2D eigenvalue weighted by Crippen LogP contribution is 2.67. The van der Waals surface area contributed by atoms with Gasteiger partial charge in [-0.25, -0.2) is 0 Å². The lowest BCUT2D eigenvalue weighted by atomic mass is 9.65. The van der Waals surface area contributed by atoms with E-state index < -0.39 is 11.1 Å². The second-order valence-corrected chi connectivity index (χ2v) is 23.2. The van der Waals surface area contributed by atoms with Crippen LogP contribution in [0.1, 0.15) is 22.3 Å². The third kappa shape index (κ3) is 10.2. The Hall–Kier alpha value is -11.7. The van der Waals surface area contributed by atoms with Crippen molar-refractivity contribution in [2.24, 2.45) is 11.8 Å². The molecule has 0 bridgehead atoms. The molecule has 0 amide bonds. The fourth-order valence-electron chi connectivity index (χ4n) is 14.4. The van der Waals surface area contributed by atoms with E-state index in [1.807, 2.05) is 0 Å². The molecule has 13 aromatic rings. The Balaban J connectivity index is 1.01. The monoisotopic (exact) mass is 1170 g/mol. The van der Waals surface area contributed by atoms with Crippen LogP contribution in [0.3, 0.4) is 0 Å². The average molecular weight is 1170 g/mol. The summed E-state index contributed by atoms with van der Waals surface area (Å²) in [5, 5.41) is 0. The van der Waals surface area contributed by atoms with Gasteiger partial charge in [-0.2, -0.15) is 0 Å². The molecular formula is C86H67N5. The van der Waals surface area contributed by atoms with E-state index in [2.05, 4.69) is 419 Å². The van der Waals surface area contributed by atoms with Crippen molar-refractivity contribution in [3.8, 4) is 0 Å². The van der Waals surface area contributed by atoms with Crippen LogP contribution < -0.4 is 24.5 Å². The van der Waals surface area contributed by atoms with E-state index >= 15 is 0 Å². The Morgan fingerprint density at radius 2 is 0.352 bits per heavy atom. The van der Waals surface area contributed by atoms with Gasteiger partial charge in [0.15, 0.2) is 0 Å². The molecule has 15 rings (SSSR count). The molecule has 0 aromatic heterocycles. The Morgan fingerprint density at radius 3 is 0.538 bits per heavy atom. The molecule has 0 spiro atoms. The normalized spacial score (nSPS) is 15.1. The van der Waals surface area contributed by atoms with Crippen LogP contribution in [0.5, 0.6) is 0 Å². The molecule has 91 heavy (non-hydrogen) atoms. The third-order valence-electron chi connectivity index (χ3n) is 18.2. The van der Waals surface area contributed by atoms with E-state index in [1.165, 1.54) is 22.3 Å². The number of fused-ring (bicyclic) bond motifs is 1. The minimum atomic E-state index is -0.878. The summed E-state index contributed by atoms with van der Waals surface area (Å²) in [5.41, 5.74) is 16.9. The number of rotatable bonds is 17. The van der Waals surface area contributed by atoms with Gasteiger partial charge in [0.1, 0.15) is 0 Å². The van der Waals surface area contributed by atoms with Crippen molar-refractivity contribution in [1.29, 1.82) is 0 Å². The van der Waals surface area contributed by atoms with Crippen LogP contribution in [0, 0.1) is 11.8 Å². The summed E-state index contributed by atoms with van der Waals surface area (Å²) in [6, 6.07) is 135. The third-order valence-corrected chi connectivity index (χ3v) is 18.2. The highest BCUT2D eigenvalue weighted by atomic mass is 15.3. The van der Waals surface area contributed by atoms with Gasteiger partial charge in [-0.1, -0.05) is 237 Å². The standard InChI is InChI=1S/C86H67N5/c1-10-30-70(31-11-1)87(71-32-12-2-13-33-71)78-58-50-66(51-59-78)85(67-52-60-79(61-53-67)88(72-34-14-3-15-35-72)73-36-16-4-17-37-73)83-48-28-29-49-84(83)86(91(85)82-46-26-9-27-47-82,68-54-62-80(63-55-68)89(74-38-18-5-19-39-74)75-40-20-6-21-41-75)69-56-64-81(65-57-69)90(76-42-22-7-23-43-76)77-44-24-8-25-45-77/h1-65,83-84H. The van der Waals surface area contributed by atoms with Crippen molar-refractivity contribution in [1.82, 2.24) is 0 Å². The zero-order valence-electron chi connectivity index (χ0n) is 50.4. The second-order valence-electron chi connectivity index (χ2n) is 23.2. The van der Waals surface area contributed by atoms with Crippen LogP contribution in [0.25, 0.3) is 0 Å². The molecule has 1 fully saturated rings. The number of hydrogen-bond donors (Lipinski definition) is 0. The molecule has 5 heteroatoms. The summed E-state index contributed by atoms with van der Waals surface area (Å²) in [6.45, 7) is 0. The van der Waals surface area contributed by atoms with Crippen LogP contribution in [-0.2, 0) is 11.1 Å². The maximum atomic E-state index is 2.83. The van der Waals surface area contributed by atoms with E-state index in [1.54, 1.807) is 0 Å². The lowest BCUT2D eigenvalue weighted by molar-refractivity contribution is 0.388. The Morgan fingerprint density at radius 1 is 0.187 bits per heavy atom. The van der Waals surface area contributed by atoms with E-state index in [4.69, 9.17) is 0 Å². The van der Waals surface area contributed by atoms with Crippen LogP contribution in [0.15, 0.2) is 394 Å². The van der Waals surface area contributed by atoms with Crippen molar-refractivity contribution < 1.29 is 0 Å². The molecule has 2 atom stereocenters. The molecule has 1 aliphatic carbocycles. The van der Waals surface area contributed by atoms with Gasteiger partial charge in [-0.3, -0.25) is 0 Å². The van der Waals surface area contributed by atoms with E-state index in [9.17, 15) is 0 Å². The van der Waals surface area contributed by atoms with Crippen molar-refractivity contribution in [2.45, 2.75) is 11.1 Å². The Labute approximate surface area is 534 Å². The van der Waals surface area contributed by atoms with Gasteiger partial charge >= 0.3 is 0 Å². The SMILES string of the molecule is C1=CC2C(C=C1)C(c1ccc(N(c3ccccc3)c3ccccc3)cc1)(c1ccc(N(c3ccccc3)c3ccccc3)cc1)N(c1ccccc1)C2(c1ccc(N(c2ccccc2)c2ccccc2)cc1)c1ccc(N(c2ccccc2)c2ccccc2)cc1. The van der Waals surface area contributed by atoms with Gasteiger partial charge in [0, 0.05) is 85.8 Å². The van der Waals surface area contributed by atoms with Crippen molar-refractivity contribution >= 4 is 73.9 Å². The molecule has 0 radical (unpaired) electrons. The molecule has 2 aliphatic rings. The molecule has 0 N–H and O–H groups in total. The number of allylic oxidation sites excluding steroid dienone is 2. The van der Waals surface area contributed by atoms with Crippen molar-refractivity contribution in [2.75, 3.05) is 24.5 Å². The van der Waals surface area contributed by atoms with Gasteiger partial charge in [0.05, 0.1) is 11.1 Å². The molecular weight excluding hydrogens is 1100 g/mol. The summed E-state index contributed by atoms with van der Waals surface area (Å²) in [6.07, 6.45) is 9.59. The Kier molecular flexibility index (Phi) is 15.3. The van der Waals surface area contributed by atoms with E-state index in [0.717, 1.165) is 73.9 Å². The number of para-hydroxylation sites is 9. The quantitative estimate of drug-likeness (QED) is 0.0900. The summed E-state index contributed by atoms with van der Waals surface area (Å²) in [4.78, 5) is 12.3. The van der Waals surface area contributed by atoms with Gasteiger partial charge in [0.2, 0.25) is 0 Å². The smallest absolute Gasteiger partial charge is 0.0988 e. The number of anilines is 13. The van der Waals surface area contributed by atoms with Crippen LogP contribution in [0.4, 0.5) is 73.9 Å². The fourth-order valence-corrected chi connectivity index (χ4v) is 14.4. The fraction of sp³-hybridized carbons (Fsp3) is 0.0465. The summed E-state index contributed by atoms with van der Waals surface area (Å²) >= 11 is 0. The van der Waals surface area contributed by atoms with Crippen LogP contribution >= 0.6 is 0 Å². The average Bonchev–Trinajstić information content (AvgIpc) is 1.51. The van der Waals surface area contributed by atoms with Crippen LogP contribution in [-0.4, -0.2) is 0 Å². The van der Waals surface area contributed by atoms with Gasteiger partial charge in [-0.05, 0) is 180 Å². The summed E-state index contributed by atoms with van der Waals surface area (Å²) in [7, 11) is 0. The lowest BCUT2D eigenvalue weighted by Gasteiger charge is -2.51. The predicted molar refractivity (Wildman–Crippen MR) is 380 cm³/mol. The number of hydrogen-bond acceptors (Lipinski definition) is 5. The highest BCUT2D eigenvalue weighted by molar-refractivity contribution is 5.82. The highest BCUT2D eigenvalue weighted by Gasteiger charge is 2.67. The second kappa shape index (κ2) is 24.8. The molecule has 436 valence electrons. The van der Waals surface area contributed by atoms with E-state index in [-0.39, 0.29) is 11.8 Å². The zero-order chi connectivity index (χ0) is 60.8. The largest absolute Gasteiger partial charge is 0.343 e. The zero-order valence-corrected chi connectivity index (χ0v) is 50.4. The number of nitrogens with zero attached hydrogens (tertiary/aromatic N) is 5. The topological polar surface area (TPSA) is 16.2 Å². The molecule has 0 saturated carbocycles. The first-order valence-electron chi connectivity index (χ1n) is 31.4. The summed E-state index contributed by atoms with van der Waals surface area (Å²) < 4.78 is 0. The molecule has 1 heterocycles. The first-order chi connectivity index (χ1) is 45.2. The maximum absolute atomic E-state index is 2.83. The minimum Gasteiger partial charge on any atom is -0.343 e. The molecule has 2 unspecified atom stereocenters. The first kappa shape index (κ1) is 55.9. The van der Waals surface area contributed by atoms with Gasteiger partial charge < -0.3 is 24.5 Å². The maximum Gasteiger partial charge on any atom is 0.0988 e. The predicted octanol–water partition coefficient (Wildman–Crippen LogP) is 22.6. The number of benzene rings is 13. The molecule has 1 saturated heterocycles. The lowest BCUT2D eigenvalue weighted by Crippen LogP contribution is -2.54. The van der Waals surface area contributed by atoms with Gasteiger partial charge in [0.25, 0.3) is 0 Å². The van der Waals surface area contributed by atoms with Crippen molar-refractivity contribution in [3.63, 3.8) is 0 Å². The summed E-state index contributed by atoms with van der Waals surface area (Å²) in [5.74, 6) is -0.273. The molecule has 1 aliphatic heterocycles. The van der Waals surface area contributed by atoms with E-state index in [0.29, 0.717) is 0 Å². The Bertz CT molecular complexity index is 3850. The van der Waals surface area contributed by atoms with Gasteiger partial charge in [-0.15, -0.1) is 0 Å². The first-order valence-corrected chi connectivity index (χ1v) is 31.4. The van der Waals surface area contributed by atoms with Crippen LogP contribution in [0.2, 0.25) is 0 Å². The molecule has 13 aromatic carbocycles. The minimum absolute atomic E-state index is 0.136.